The molecule has 1 heterocycles. The average molecular weight is 474 g/mol. The molecule has 0 bridgehead atoms. The number of fused-ring (bicyclic) bond motifs is 1. The number of aliphatic hydroxyl groups is 1. The number of benzene rings is 3. The van der Waals surface area contributed by atoms with E-state index >= 15 is 0 Å². The molecular weight excluding hydrogens is 454 g/mol. The maximum Gasteiger partial charge on any atom is 0.264 e. The smallest absolute Gasteiger partial charge is 0.264 e. The van der Waals surface area contributed by atoms with Crippen LogP contribution in [0.1, 0.15) is 15.9 Å². The summed E-state index contributed by atoms with van der Waals surface area (Å²) in [5.41, 5.74) is 0.654. The number of aliphatic hydroxyl groups excluding tert-OH is 1. The Labute approximate surface area is 189 Å². The lowest BCUT2D eigenvalue weighted by atomic mass is 10.1. The van der Waals surface area contributed by atoms with Gasteiger partial charge in [-0.3, -0.25) is 9.10 Å². The largest absolute Gasteiger partial charge is 0.484 e. The maximum atomic E-state index is 14.2. The number of nitrogens with zero attached hydrogens (tertiary/aromatic N) is 1. The van der Waals surface area contributed by atoms with E-state index in [0.29, 0.717) is 5.56 Å². The molecule has 0 spiro atoms. The van der Waals surface area contributed by atoms with Crippen LogP contribution in [0.2, 0.25) is 0 Å². The van der Waals surface area contributed by atoms with E-state index in [9.17, 15) is 27.1 Å². The summed E-state index contributed by atoms with van der Waals surface area (Å²) < 4.78 is 60.8. The molecule has 0 aliphatic carbocycles. The molecule has 0 unspecified atom stereocenters. The van der Waals surface area contributed by atoms with Crippen LogP contribution in [0, 0.1) is 18.6 Å². The van der Waals surface area contributed by atoms with Crippen molar-refractivity contribution in [3.8, 4) is 5.75 Å². The number of anilines is 2. The number of amides is 1. The third-order valence-corrected chi connectivity index (χ3v) is 7.00. The molecule has 0 saturated heterocycles. The zero-order chi connectivity index (χ0) is 23.8. The van der Waals surface area contributed by atoms with E-state index in [1.54, 1.807) is 13.0 Å². The van der Waals surface area contributed by atoms with E-state index in [1.165, 1.54) is 30.3 Å². The molecule has 1 amide bonds. The van der Waals surface area contributed by atoms with Gasteiger partial charge in [0, 0.05) is 5.69 Å². The van der Waals surface area contributed by atoms with Crippen LogP contribution >= 0.6 is 0 Å². The minimum atomic E-state index is -4.14. The molecular formula is C23H20F2N2O5S. The lowest BCUT2D eigenvalue weighted by molar-refractivity contribution is 0.102. The minimum absolute atomic E-state index is 0.118. The van der Waals surface area contributed by atoms with Gasteiger partial charge in [0.1, 0.15) is 23.5 Å². The molecule has 3 aromatic rings. The highest BCUT2D eigenvalue weighted by molar-refractivity contribution is 7.92. The van der Waals surface area contributed by atoms with Crippen LogP contribution in [0.5, 0.6) is 5.75 Å². The standard InChI is InChI=1S/C23H20F2N2O5S/c1-14-3-2-4-19(25)22(14)23(29)26-16-7-10-21-20(11-16)27(12-17(13-28)32-21)33(30,31)18-8-5-15(24)6-9-18/h2-11,17,28H,12-13H2,1H3,(H,26,29)/t17-/m1/s1. The summed E-state index contributed by atoms with van der Waals surface area (Å²) in [6, 6.07) is 12.9. The van der Waals surface area contributed by atoms with Crippen LogP contribution in [-0.2, 0) is 10.0 Å². The Balaban J connectivity index is 1.72. The van der Waals surface area contributed by atoms with Gasteiger partial charge in [-0.15, -0.1) is 0 Å². The van der Waals surface area contributed by atoms with Crippen LogP contribution in [-0.4, -0.2) is 38.7 Å². The first kappa shape index (κ1) is 22.7. The number of ether oxygens (including phenoxy) is 1. The number of aryl methyl sites for hydroxylation is 1. The van der Waals surface area contributed by atoms with Gasteiger partial charge in [0.15, 0.2) is 0 Å². The van der Waals surface area contributed by atoms with Gasteiger partial charge in [0.25, 0.3) is 15.9 Å². The van der Waals surface area contributed by atoms with Crippen molar-refractivity contribution in [3.63, 3.8) is 0 Å². The van der Waals surface area contributed by atoms with E-state index in [2.05, 4.69) is 5.32 Å². The molecule has 0 fully saturated rings. The summed E-state index contributed by atoms with van der Waals surface area (Å²) in [7, 11) is -4.14. The minimum Gasteiger partial charge on any atom is -0.484 e. The number of halogens is 2. The van der Waals surface area contributed by atoms with Crippen LogP contribution in [0.3, 0.4) is 0 Å². The molecule has 33 heavy (non-hydrogen) atoms. The van der Waals surface area contributed by atoms with Crippen molar-refractivity contribution in [1.29, 1.82) is 0 Å². The maximum absolute atomic E-state index is 14.2. The fourth-order valence-electron chi connectivity index (χ4n) is 3.56. The van der Waals surface area contributed by atoms with Crippen LogP contribution in [0.25, 0.3) is 0 Å². The first-order valence-electron chi connectivity index (χ1n) is 9.97. The van der Waals surface area contributed by atoms with Gasteiger partial charge in [-0.05, 0) is 61.0 Å². The van der Waals surface area contributed by atoms with Crippen molar-refractivity contribution in [2.24, 2.45) is 0 Å². The summed E-state index contributed by atoms with van der Waals surface area (Å²) in [6.45, 7) is 0.970. The SMILES string of the molecule is Cc1cccc(F)c1C(=O)Nc1ccc2c(c1)N(S(=O)(=O)c1ccc(F)cc1)C[C@H](CO)O2. The van der Waals surface area contributed by atoms with Crippen molar-refractivity contribution in [2.75, 3.05) is 22.8 Å². The van der Waals surface area contributed by atoms with Gasteiger partial charge >= 0.3 is 0 Å². The number of nitrogens with one attached hydrogen (secondary N) is 1. The third kappa shape index (κ3) is 4.39. The predicted molar refractivity (Wildman–Crippen MR) is 118 cm³/mol. The van der Waals surface area contributed by atoms with Gasteiger partial charge in [-0.1, -0.05) is 12.1 Å². The predicted octanol–water partition coefficient (Wildman–Crippen LogP) is 3.47. The van der Waals surface area contributed by atoms with E-state index < -0.39 is 40.3 Å². The first-order valence-corrected chi connectivity index (χ1v) is 11.4. The molecule has 4 rings (SSSR count). The summed E-state index contributed by atoms with van der Waals surface area (Å²) in [5.74, 6) is -1.78. The number of rotatable bonds is 5. The quantitative estimate of drug-likeness (QED) is 0.591. The van der Waals surface area contributed by atoms with Gasteiger partial charge in [-0.25, -0.2) is 17.2 Å². The van der Waals surface area contributed by atoms with Crippen molar-refractivity contribution in [3.05, 3.63) is 83.4 Å². The number of hydrogen-bond acceptors (Lipinski definition) is 5. The number of hydrogen-bond donors (Lipinski definition) is 2. The molecule has 0 saturated carbocycles. The highest BCUT2D eigenvalue weighted by atomic mass is 32.2. The monoisotopic (exact) mass is 474 g/mol. The molecule has 1 atom stereocenters. The Morgan fingerprint density at radius 2 is 1.88 bits per heavy atom. The molecule has 10 heteroatoms. The van der Waals surface area contributed by atoms with Gasteiger partial charge in [-0.2, -0.15) is 0 Å². The number of carbonyl (C=O) groups excluding carboxylic acids is 1. The first-order chi connectivity index (χ1) is 15.7. The second-order valence-corrected chi connectivity index (χ2v) is 9.34. The van der Waals surface area contributed by atoms with Crippen LogP contribution in [0.15, 0.2) is 65.6 Å². The second-order valence-electron chi connectivity index (χ2n) is 7.48. The van der Waals surface area contributed by atoms with Crippen LogP contribution in [0.4, 0.5) is 20.2 Å². The van der Waals surface area contributed by atoms with Gasteiger partial charge < -0.3 is 15.2 Å². The molecule has 172 valence electrons. The van der Waals surface area contributed by atoms with Gasteiger partial charge in [0.05, 0.1) is 29.3 Å². The molecule has 1 aliphatic heterocycles. The summed E-state index contributed by atoms with van der Waals surface area (Å²) in [6.07, 6.45) is -0.825. The zero-order valence-electron chi connectivity index (χ0n) is 17.5. The number of sulfonamides is 1. The van der Waals surface area contributed by atoms with E-state index in [0.717, 1.165) is 28.6 Å². The van der Waals surface area contributed by atoms with Crippen LogP contribution < -0.4 is 14.4 Å². The Bertz CT molecular complexity index is 1290. The molecule has 2 N–H and O–H groups in total. The van der Waals surface area contributed by atoms with Crippen molar-refractivity contribution < 1.29 is 31.8 Å². The summed E-state index contributed by atoms with van der Waals surface area (Å²) in [5, 5.41) is 12.1. The van der Waals surface area contributed by atoms with E-state index in [4.69, 9.17) is 4.74 Å². The number of carbonyl (C=O) groups is 1. The normalized spacial score (nSPS) is 15.5. The Kier molecular flexibility index (Phi) is 6.05. The van der Waals surface area contributed by atoms with Crippen molar-refractivity contribution in [2.45, 2.75) is 17.9 Å². The molecule has 7 nitrogen and oxygen atoms in total. The topological polar surface area (TPSA) is 95.9 Å². The molecule has 1 aliphatic rings. The molecule has 0 aromatic heterocycles. The zero-order valence-corrected chi connectivity index (χ0v) is 18.3. The highest BCUT2D eigenvalue weighted by Crippen LogP contribution is 2.39. The van der Waals surface area contributed by atoms with E-state index in [1.807, 2.05) is 0 Å². The Morgan fingerprint density at radius 1 is 1.15 bits per heavy atom. The fraction of sp³-hybridized carbons (Fsp3) is 0.174. The van der Waals surface area contributed by atoms with Crippen molar-refractivity contribution >= 4 is 27.3 Å². The average Bonchev–Trinajstić information content (AvgIpc) is 2.78. The fourth-order valence-corrected chi connectivity index (χ4v) is 5.06. The summed E-state index contributed by atoms with van der Waals surface area (Å²) >= 11 is 0. The lowest BCUT2D eigenvalue weighted by Crippen LogP contribution is -2.45. The second kappa shape index (κ2) is 8.80. The Morgan fingerprint density at radius 3 is 2.55 bits per heavy atom. The third-order valence-electron chi connectivity index (χ3n) is 5.20. The van der Waals surface area contributed by atoms with Gasteiger partial charge in [0.2, 0.25) is 0 Å². The molecule has 0 radical (unpaired) electrons. The Hall–Kier alpha value is -3.50. The lowest BCUT2D eigenvalue weighted by Gasteiger charge is -2.35. The highest BCUT2D eigenvalue weighted by Gasteiger charge is 2.34. The van der Waals surface area contributed by atoms with Crippen molar-refractivity contribution in [1.82, 2.24) is 0 Å². The van der Waals surface area contributed by atoms with E-state index in [-0.39, 0.29) is 34.1 Å². The summed E-state index contributed by atoms with van der Waals surface area (Å²) in [4.78, 5) is 12.5. The molecule has 3 aromatic carbocycles.